The molecule has 0 unspecified atom stereocenters. The zero-order valence-electron chi connectivity index (χ0n) is 6.65. The lowest BCUT2D eigenvalue weighted by atomic mass is 10.2. The van der Waals surface area contributed by atoms with Crippen molar-refractivity contribution in [3.63, 3.8) is 0 Å². The summed E-state index contributed by atoms with van der Waals surface area (Å²) in [4.78, 5) is 14.2. The summed E-state index contributed by atoms with van der Waals surface area (Å²) in [5.74, 6) is 5.09. The summed E-state index contributed by atoms with van der Waals surface area (Å²) >= 11 is 1.59. The van der Waals surface area contributed by atoms with E-state index in [0.717, 1.165) is 15.8 Å². The van der Waals surface area contributed by atoms with E-state index in [4.69, 9.17) is 0 Å². The number of thiazole rings is 1. The zero-order chi connectivity index (χ0) is 9.10. The van der Waals surface area contributed by atoms with Crippen molar-refractivity contribution in [3.05, 3.63) is 29.3 Å². The van der Waals surface area contributed by atoms with Crippen molar-refractivity contribution in [2.24, 2.45) is 0 Å². The molecule has 0 spiro atoms. The molecular weight excluding hydrogens is 182 g/mol. The highest BCUT2D eigenvalue weighted by Gasteiger charge is 1.95. The van der Waals surface area contributed by atoms with Gasteiger partial charge in [-0.1, -0.05) is 5.92 Å². The molecule has 0 aliphatic carbocycles. The molecule has 0 atom stereocenters. The second-order valence-electron chi connectivity index (χ2n) is 2.42. The molecule has 3 heteroatoms. The van der Waals surface area contributed by atoms with Gasteiger partial charge in [-0.05, 0) is 24.1 Å². The van der Waals surface area contributed by atoms with Gasteiger partial charge in [-0.3, -0.25) is 4.79 Å². The molecule has 0 fully saturated rings. The number of carbonyl (C=O) groups excluding carboxylic acids is 1. The average Bonchev–Trinajstić information content (AvgIpc) is 2.61. The fraction of sp³-hybridized carbons (Fsp3) is 0. The van der Waals surface area contributed by atoms with Crippen LogP contribution in [0.5, 0.6) is 0 Å². The van der Waals surface area contributed by atoms with Gasteiger partial charge >= 0.3 is 0 Å². The van der Waals surface area contributed by atoms with Gasteiger partial charge < -0.3 is 0 Å². The first kappa shape index (κ1) is 7.96. The van der Waals surface area contributed by atoms with E-state index in [-0.39, 0.29) is 0 Å². The Bertz CT molecular complexity index is 504. The number of aldehydes is 1. The molecule has 0 N–H and O–H groups in total. The molecular formula is C10H5NOS. The third kappa shape index (κ3) is 1.58. The van der Waals surface area contributed by atoms with E-state index in [1.807, 2.05) is 18.2 Å². The van der Waals surface area contributed by atoms with Crippen molar-refractivity contribution in [2.45, 2.75) is 0 Å². The maximum absolute atomic E-state index is 10.0. The number of nitrogens with zero attached hydrogens (tertiary/aromatic N) is 1. The van der Waals surface area contributed by atoms with Crippen molar-refractivity contribution in [1.82, 2.24) is 4.98 Å². The second-order valence-corrected chi connectivity index (χ2v) is 3.31. The SMILES string of the molecule is O=CC#Cc1ccc2scnc2c1. The number of benzene rings is 1. The Hall–Kier alpha value is -1.66. The second kappa shape index (κ2) is 3.38. The lowest BCUT2D eigenvalue weighted by Gasteiger charge is -1.88. The minimum atomic E-state index is 0.589. The Kier molecular flexibility index (Phi) is 2.07. The van der Waals surface area contributed by atoms with Crippen LogP contribution in [0.1, 0.15) is 5.56 Å². The average molecular weight is 187 g/mol. The summed E-state index contributed by atoms with van der Waals surface area (Å²) in [5, 5.41) is 0. The minimum absolute atomic E-state index is 0.589. The fourth-order valence-corrected chi connectivity index (χ4v) is 1.71. The number of rotatable bonds is 0. The normalized spacial score (nSPS) is 9.23. The molecule has 2 aromatic rings. The van der Waals surface area contributed by atoms with E-state index < -0.39 is 0 Å². The summed E-state index contributed by atoms with van der Waals surface area (Å²) < 4.78 is 1.14. The Labute approximate surface area is 79.2 Å². The van der Waals surface area contributed by atoms with E-state index in [0.29, 0.717) is 6.29 Å². The van der Waals surface area contributed by atoms with E-state index in [2.05, 4.69) is 16.8 Å². The summed E-state index contributed by atoms with van der Waals surface area (Å²) in [5.41, 5.74) is 3.55. The lowest BCUT2D eigenvalue weighted by molar-refractivity contribution is -0.103. The smallest absolute Gasteiger partial charge is 0.193 e. The van der Waals surface area contributed by atoms with Crippen molar-refractivity contribution in [2.75, 3.05) is 0 Å². The zero-order valence-corrected chi connectivity index (χ0v) is 7.47. The Morgan fingerprint density at radius 1 is 1.46 bits per heavy atom. The maximum atomic E-state index is 10.0. The molecule has 0 radical (unpaired) electrons. The van der Waals surface area contributed by atoms with E-state index >= 15 is 0 Å². The van der Waals surface area contributed by atoms with Crippen LogP contribution in [-0.2, 0) is 4.79 Å². The Morgan fingerprint density at radius 2 is 2.38 bits per heavy atom. The highest BCUT2D eigenvalue weighted by atomic mass is 32.1. The van der Waals surface area contributed by atoms with Gasteiger partial charge in [-0.15, -0.1) is 11.3 Å². The predicted octanol–water partition coefficient (Wildman–Crippen LogP) is 1.85. The molecule has 2 rings (SSSR count). The standard InChI is InChI=1S/C10H5NOS/c12-5-1-2-8-3-4-10-9(6-8)11-7-13-10/h3-7H. The first-order valence-electron chi connectivity index (χ1n) is 3.68. The summed E-state index contributed by atoms with van der Waals surface area (Å²) in [7, 11) is 0. The summed E-state index contributed by atoms with van der Waals surface area (Å²) in [6.07, 6.45) is 0.589. The molecule has 0 saturated carbocycles. The van der Waals surface area contributed by atoms with Gasteiger partial charge in [0.2, 0.25) is 0 Å². The molecule has 2 nitrogen and oxygen atoms in total. The molecule has 0 saturated heterocycles. The first-order valence-corrected chi connectivity index (χ1v) is 4.56. The van der Waals surface area contributed by atoms with E-state index in [1.165, 1.54) is 0 Å². The summed E-state index contributed by atoms with van der Waals surface area (Å²) in [6.45, 7) is 0. The van der Waals surface area contributed by atoms with Gasteiger partial charge in [0.15, 0.2) is 6.29 Å². The predicted molar refractivity (Wildman–Crippen MR) is 52.6 cm³/mol. The monoisotopic (exact) mass is 187 g/mol. The maximum Gasteiger partial charge on any atom is 0.193 e. The van der Waals surface area contributed by atoms with E-state index in [1.54, 1.807) is 16.8 Å². The molecule has 0 aliphatic heterocycles. The van der Waals surface area contributed by atoms with Gasteiger partial charge in [-0.2, -0.15) is 0 Å². The van der Waals surface area contributed by atoms with Crippen LogP contribution in [-0.4, -0.2) is 11.3 Å². The van der Waals surface area contributed by atoms with Crippen LogP contribution in [0.3, 0.4) is 0 Å². The van der Waals surface area contributed by atoms with Crippen LogP contribution in [0.2, 0.25) is 0 Å². The van der Waals surface area contributed by atoms with Crippen molar-refractivity contribution in [3.8, 4) is 11.8 Å². The molecule has 0 bridgehead atoms. The van der Waals surface area contributed by atoms with Crippen molar-refractivity contribution < 1.29 is 4.79 Å². The van der Waals surface area contributed by atoms with Gasteiger partial charge in [0, 0.05) is 5.56 Å². The molecule has 0 aliphatic rings. The highest BCUT2D eigenvalue weighted by Crippen LogP contribution is 2.18. The van der Waals surface area contributed by atoms with Crippen LogP contribution in [0.15, 0.2) is 23.7 Å². The first-order chi connectivity index (χ1) is 6.40. The molecule has 1 aromatic heterocycles. The quantitative estimate of drug-likeness (QED) is 0.465. The molecule has 0 amide bonds. The van der Waals surface area contributed by atoms with Gasteiger partial charge in [0.05, 0.1) is 15.7 Å². The molecule has 1 heterocycles. The van der Waals surface area contributed by atoms with Crippen LogP contribution >= 0.6 is 11.3 Å². The van der Waals surface area contributed by atoms with Crippen LogP contribution in [0.4, 0.5) is 0 Å². The molecule has 1 aromatic carbocycles. The Morgan fingerprint density at radius 3 is 3.23 bits per heavy atom. The van der Waals surface area contributed by atoms with Crippen LogP contribution < -0.4 is 0 Å². The largest absolute Gasteiger partial charge is 0.289 e. The van der Waals surface area contributed by atoms with Crippen molar-refractivity contribution in [1.29, 1.82) is 0 Å². The van der Waals surface area contributed by atoms with Crippen molar-refractivity contribution >= 4 is 27.8 Å². The lowest BCUT2D eigenvalue weighted by Crippen LogP contribution is -1.74. The number of carbonyl (C=O) groups is 1. The van der Waals surface area contributed by atoms with Gasteiger partial charge in [0.25, 0.3) is 0 Å². The van der Waals surface area contributed by atoms with E-state index in [9.17, 15) is 4.79 Å². The third-order valence-corrected chi connectivity index (χ3v) is 2.42. The number of hydrogen-bond acceptors (Lipinski definition) is 3. The Balaban J connectivity index is 2.54. The van der Waals surface area contributed by atoms with Crippen LogP contribution in [0.25, 0.3) is 10.2 Å². The third-order valence-electron chi connectivity index (χ3n) is 1.61. The topological polar surface area (TPSA) is 30.0 Å². The number of hydrogen-bond donors (Lipinski definition) is 0. The number of aromatic nitrogens is 1. The fourth-order valence-electron chi connectivity index (χ4n) is 1.05. The highest BCUT2D eigenvalue weighted by molar-refractivity contribution is 7.16. The molecule has 62 valence electrons. The van der Waals surface area contributed by atoms with Gasteiger partial charge in [-0.25, -0.2) is 4.98 Å². The summed E-state index contributed by atoms with van der Waals surface area (Å²) in [6, 6.07) is 5.72. The van der Waals surface area contributed by atoms with Gasteiger partial charge in [0.1, 0.15) is 0 Å². The minimum Gasteiger partial charge on any atom is -0.289 e. The number of fused-ring (bicyclic) bond motifs is 1. The molecule has 13 heavy (non-hydrogen) atoms. The van der Waals surface area contributed by atoms with Crippen LogP contribution in [0, 0.1) is 11.8 Å².